The molecule has 0 aliphatic carbocycles. The van der Waals surface area contributed by atoms with E-state index in [9.17, 15) is 14.4 Å². The van der Waals surface area contributed by atoms with Crippen LogP contribution in [0.5, 0.6) is 0 Å². The van der Waals surface area contributed by atoms with Crippen molar-refractivity contribution in [3.8, 4) is 0 Å². The highest BCUT2D eigenvalue weighted by molar-refractivity contribution is 7.07. The van der Waals surface area contributed by atoms with E-state index in [2.05, 4.69) is 10.2 Å². The fourth-order valence-electron chi connectivity index (χ4n) is 3.20. The van der Waals surface area contributed by atoms with Gasteiger partial charge < -0.3 is 19.5 Å². The van der Waals surface area contributed by atoms with Crippen LogP contribution in [0.3, 0.4) is 0 Å². The van der Waals surface area contributed by atoms with Gasteiger partial charge in [-0.3, -0.25) is 14.4 Å². The second kappa shape index (κ2) is 9.54. The van der Waals surface area contributed by atoms with Gasteiger partial charge >= 0.3 is 10.8 Å². The minimum Gasteiger partial charge on any atom is -0.456 e. The third-order valence-corrected chi connectivity index (χ3v) is 5.63. The largest absolute Gasteiger partial charge is 0.456 e. The zero-order valence-corrected chi connectivity index (χ0v) is 16.8. The molecule has 0 bridgehead atoms. The number of esters is 1. The van der Waals surface area contributed by atoms with Gasteiger partial charge in [0.05, 0.1) is 6.42 Å². The van der Waals surface area contributed by atoms with Crippen molar-refractivity contribution < 1.29 is 14.3 Å². The van der Waals surface area contributed by atoms with Crippen LogP contribution in [0.2, 0.25) is 0 Å². The molecule has 150 valence electrons. The summed E-state index contributed by atoms with van der Waals surface area (Å²) in [5.74, 6) is -0.893. The number of aryl methyl sites for hydroxylation is 1. The molecule has 1 aliphatic heterocycles. The number of ether oxygens (including phenoxy) is 1. The summed E-state index contributed by atoms with van der Waals surface area (Å²) < 4.78 is 6.53. The standard InChI is InChI=1S/C20H25N3O4S/c1-15-14-28-20(26)23(15)12-9-19(25)27-13-18(24)21-16-5-7-17(8-6-16)22-10-3-2-4-11-22/h5-8,14H,2-4,9-13H2,1H3,(H,21,24). The average molecular weight is 404 g/mol. The fourth-order valence-corrected chi connectivity index (χ4v) is 3.96. The van der Waals surface area contributed by atoms with E-state index in [0.29, 0.717) is 5.69 Å². The van der Waals surface area contributed by atoms with Crippen molar-refractivity contribution in [2.45, 2.75) is 39.2 Å². The van der Waals surface area contributed by atoms with E-state index >= 15 is 0 Å². The molecule has 1 saturated heterocycles. The Balaban J connectivity index is 1.41. The summed E-state index contributed by atoms with van der Waals surface area (Å²) in [6.07, 6.45) is 3.76. The van der Waals surface area contributed by atoms with E-state index in [1.165, 1.54) is 23.8 Å². The lowest BCUT2D eigenvalue weighted by Gasteiger charge is -2.28. The van der Waals surface area contributed by atoms with Crippen LogP contribution in [-0.4, -0.2) is 36.1 Å². The summed E-state index contributed by atoms with van der Waals surface area (Å²) in [5.41, 5.74) is 2.64. The van der Waals surface area contributed by atoms with Crippen LogP contribution in [-0.2, 0) is 20.9 Å². The minimum atomic E-state index is -0.506. The topological polar surface area (TPSA) is 80.6 Å². The highest BCUT2D eigenvalue weighted by atomic mass is 32.1. The SMILES string of the molecule is Cc1csc(=O)n1CCC(=O)OCC(=O)Nc1ccc(N2CCCCC2)cc1. The first-order valence-corrected chi connectivity index (χ1v) is 10.4. The van der Waals surface area contributed by atoms with Crippen molar-refractivity contribution in [1.82, 2.24) is 4.57 Å². The maximum absolute atomic E-state index is 12.0. The normalized spacial score (nSPS) is 14.0. The Labute approximate surface area is 167 Å². The monoisotopic (exact) mass is 403 g/mol. The lowest BCUT2D eigenvalue weighted by molar-refractivity contribution is -0.147. The Morgan fingerprint density at radius 3 is 2.50 bits per heavy atom. The van der Waals surface area contributed by atoms with Crippen LogP contribution in [0.1, 0.15) is 31.4 Å². The Hall–Kier alpha value is -2.61. The van der Waals surface area contributed by atoms with Gasteiger partial charge in [0.2, 0.25) is 0 Å². The van der Waals surface area contributed by atoms with Gasteiger partial charge in [-0.05, 0) is 50.5 Å². The maximum Gasteiger partial charge on any atom is 0.308 e. The molecule has 28 heavy (non-hydrogen) atoms. The molecule has 0 spiro atoms. The molecule has 0 saturated carbocycles. The molecular formula is C20H25N3O4S. The number of hydrogen-bond acceptors (Lipinski definition) is 6. The Morgan fingerprint density at radius 1 is 1.14 bits per heavy atom. The van der Waals surface area contributed by atoms with Crippen molar-refractivity contribution in [2.24, 2.45) is 0 Å². The van der Waals surface area contributed by atoms with Gasteiger partial charge in [-0.15, -0.1) is 0 Å². The summed E-state index contributed by atoms with van der Waals surface area (Å²) in [6, 6.07) is 7.70. The third-order valence-electron chi connectivity index (χ3n) is 4.75. The molecule has 0 radical (unpaired) electrons. The van der Waals surface area contributed by atoms with Crippen molar-refractivity contribution in [3.05, 3.63) is 45.0 Å². The van der Waals surface area contributed by atoms with E-state index in [-0.39, 0.29) is 30.4 Å². The van der Waals surface area contributed by atoms with Gasteiger partial charge in [0, 0.05) is 42.1 Å². The molecule has 1 aromatic carbocycles. The van der Waals surface area contributed by atoms with Gasteiger partial charge in [-0.2, -0.15) is 0 Å². The molecule has 1 aliphatic rings. The Bertz CT molecular complexity index is 866. The van der Waals surface area contributed by atoms with Gasteiger partial charge in [-0.25, -0.2) is 0 Å². The molecule has 2 aromatic rings. The number of carbonyl (C=O) groups is 2. The van der Waals surface area contributed by atoms with Crippen LogP contribution in [0.15, 0.2) is 34.4 Å². The number of thiazole rings is 1. The van der Waals surface area contributed by atoms with Crippen molar-refractivity contribution in [3.63, 3.8) is 0 Å². The number of nitrogens with one attached hydrogen (secondary N) is 1. The Kier molecular flexibility index (Phi) is 6.86. The summed E-state index contributed by atoms with van der Waals surface area (Å²) in [4.78, 5) is 37.7. The number of piperidine rings is 1. The number of amides is 1. The van der Waals surface area contributed by atoms with Crippen molar-refractivity contribution >= 4 is 34.6 Å². The van der Waals surface area contributed by atoms with E-state index in [0.717, 1.165) is 35.8 Å². The number of carbonyl (C=O) groups excluding carboxylic acids is 2. The first-order valence-electron chi connectivity index (χ1n) is 9.48. The van der Waals surface area contributed by atoms with E-state index in [1.54, 1.807) is 5.38 Å². The third kappa shape index (κ3) is 5.45. The van der Waals surface area contributed by atoms with Gasteiger partial charge in [-0.1, -0.05) is 11.3 Å². The zero-order valence-electron chi connectivity index (χ0n) is 16.0. The number of anilines is 2. The second-order valence-electron chi connectivity index (χ2n) is 6.85. The number of nitrogens with zero attached hydrogens (tertiary/aromatic N) is 2. The lowest BCUT2D eigenvalue weighted by Crippen LogP contribution is -2.29. The molecule has 1 fully saturated rings. The molecule has 3 rings (SSSR count). The molecule has 1 amide bonds. The minimum absolute atomic E-state index is 0.0509. The second-order valence-corrected chi connectivity index (χ2v) is 7.67. The predicted octanol–water partition coefficient (Wildman–Crippen LogP) is 2.78. The lowest BCUT2D eigenvalue weighted by atomic mass is 10.1. The van der Waals surface area contributed by atoms with E-state index in [4.69, 9.17) is 4.74 Å². The van der Waals surface area contributed by atoms with Crippen LogP contribution in [0.4, 0.5) is 11.4 Å². The summed E-state index contributed by atoms with van der Waals surface area (Å²) in [7, 11) is 0. The highest BCUT2D eigenvalue weighted by Gasteiger charge is 2.12. The first-order chi connectivity index (χ1) is 13.5. The van der Waals surface area contributed by atoms with Crippen LogP contribution >= 0.6 is 11.3 Å². The first kappa shape index (κ1) is 20.1. The van der Waals surface area contributed by atoms with Crippen LogP contribution < -0.4 is 15.1 Å². The fraction of sp³-hybridized carbons (Fsp3) is 0.450. The smallest absolute Gasteiger partial charge is 0.308 e. The highest BCUT2D eigenvalue weighted by Crippen LogP contribution is 2.21. The van der Waals surface area contributed by atoms with E-state index < -0.39 is 5.97 Å². The predicted molar refractivity (Wildman–Crippen MR) is 110 cm³/mol. The van der Waals surface area contributed by atoms with Gasteiger partial charge in [0.1, 0.15) is 0 Å². The molecule has 8 heteroatoms. The van der Waals surface area contributed by atoms with Crippen LogP contribution in [0.25, 0.3) is 0 Å². The molecule has 1 aromatic heterocycles. The molecule has 7 nitrogen and oxygen atoms in total. The molecule has 0 unspecified atom stereocenters. The molecule has 2 heterocycles. The molecule has 0 atom stereocenters. The van der Waals surface area contributed by atoms with Gasteiger partial charge in [0.15, 0.2) is 6.61 Å². The van der Waals surface area contributed by atoms with Crippen molar-refractivity contribution in [2.75, 3.05) is 29.9 Å². The molecule has 1 N–H and O–H groups in total. The number of hydrogen-bond donors (Lipinski definition) is 1. The summed E-state index contributed by atoms with van der Waals surface area (Å²) >= 11 is 1.10. The van der Waals surface area contributed by atoms with Crippen molar-refractivity contribution in [1.29, 1.82) is 0 Å². The summed E-state index contributed by atoms with van der Waals surface area (Å²) in [6.45, 7) is 3.86. The van der Waals surface area contributed by atoms with E-state index in [1.807, 2.05) is 31.2 Å². The number of benzene rings is 1. The van der Waals surface area contributed by atoms with Crippen LogP contribution in [0, 0.1) is 6.92 Å². The zero-order chi connectivity index (χ0) is 19.9. The average Bonchev–Trinajstić information content (AvgIpc) is 3.03. The maximum atomic E-state index is 12.0. The number of aromatic nitrogens is 1. The Morgan fingerprint density at radius 2 is 1.86 bits per heavy atom. The number of rotatable bonds is 7. The quantitative estimate of drug-likeness (QED) is 0.719. The van der Waals surface area contributed by atoms with Gasteiger partial charge in [0.25, 0.3) is 5.91 Å². The summed E-state index contributed by atoms with van der Waals surface area (Å²) in [5, 5.41) is 4.47. The molecular weight excluding hydrogens is 378 g/mol.